The van der Waals surface area contributed by atoms with Crippen molar-refractivity contribution in [3.05, 3.63) is 29.6 Å². The molecule has 9 heteroatoms. The van der Waals surface area contributed by atoms with Crippen molar-refractivity contribution in [1.82, 2.24) is 9.88 Å². The van der Waals surface area contributed by atoms with Crippen LogP contribution in [-0.2, 0) is 22.1 Å². The van der Waals surface area contributed by atoms with E-state index in [0.29, 0.717) is 18.4 Å². The van der Waals surface area contributed by atoms with Crippen molar-refractivity contribution in [2.75, 3.05) is 6.54 Å². The molecule has 1 aliphatic heterocycles. The molecule has 2 rings (SSSR count). The highest BCUT2D eigenvalue weighted by Crippen LogP contribution is 2.31. The van der Waals surface area contributed by atoms with Crippen molar-refractivity contribution < 1.29 is 32.6 Å². The number of halogens is 3. The number of carbonyl (C=O) groups excluding carboxylic acids is 1. The molecule has 0 bridgehead atoms. The number of hydrogen-bond donors (Lipinski definition) is 1. The van der Waals surface area contributed by atoms with Gasteiger partial charge in [0, 0.05) is 12.7 Å². The number of alkyl halides is 3. The van der Waals surface area contributed by atoms with Crippen LogP contribution in [0.4, 0.5) is 18.0 Å². The predicted octanol–water partition coefficient (Wildman–Crippen LogP) is 3.74. The molecule has 1 aromatic rings. The summed E-state index contributed by atoms with van der Waals surface area (Å²) in [5.74, 6) is -1.26. The molecule has 1 fully saturated rings. The first-order valence-electron chi connectivity index (χ1n) is 8.61. The highest BCUT2D eigenvalue weighted by molar-refractivity contribution is 5.81. The third-order valence-electron chi connectivity index (χ3n) is 4.26. The first kappa shape index (κ1) is 21.0. The summed E-state index contributed by atoms with van der Waals surface area (Å²) in [5, 5.41) is 9.38. The van der Waals surface area contributed by atoms with Gasteiger partial charge in [0.05, 0.1) is 0 Å². The van der Waals surface area contributed by atoms with Crippen LogP contribution in [0.25, 0.3) is 0 Å². The Morgan fingerprint density at radius 2 is 2.00 bits per heavy atom. The zero-order valence-electron chi connectivity index (χ0n) is 15.4. The van der Waals surface area contributed by atoms with Crippen LogP contribution >= 0.6 is 0 Å². The third-order valence-corrected chi connectivity index (χ3v) is 4.26. The molecule has 1 amide bonds. The summed E-state index contributed by atoms with van der Waals surface area (Å²) in [6.45, 7) is 5.27. The van der Waals surface area contributed by atoms with E-state index in [0.717, 1.165) is 12.3 Å². The lowest BCUT2D eigenvalue weighted by Gasteiger charge is -2.26. The Bertz CT molecular complexity index is 701. The van der Waals surface area contributed by atoms with E-state index in [1.807, 2.05) is 0 Å². The number of likely N-dealkylation sites (tertiary alicyclic amines) is 1. The lowest BCUT2D eigenvalue weighted by molar-refractivity contribution is -0.142. The minimum absolute atomic E-state index is 0.138. The van der Waals surface area contributed by atoms with Crippen molar-refractivity contribution in [2.45, 2.75) is 57.9 Å². The Labute approximate surface area is 155 Å². The van der Waals surface area contributed by atoms with Crippen LogP contribution < -0.4 is 0 Å². The van der Waals surface area contributed by atoms with Crippen molar-refractivity contribution in [3.63, 3.8) is 0 Å². The van der Waals surface area contributed by atoms with Crippen LogP contribution in [0.5, 0.6) is 0 Å². The lowest BCUT2D eigenvalue weighted by Crippen LogP contribution is -2.43. The molecule has 1 aromatic heterocycles. The lowest BCUT2D eigenvalue weighted by atomic mass is 9.97. The number of nitrogens with zero attached hydrogens (tertiary/aromatic N) is 2. The van der Waals surface area contributed by atoms with E-state index in [9.17, 15) is 27.9 Å². The van der Waals surface area contributed by atoms with Gasteiger partial charge in [-0.05, 0) is 63.6 Å². The van der Waals surface area contributed by atoms with Gasteiger partial charge in [-0.1, -0.05) is 0 Å². The number of carbonyl (C=O) groups is 2. The number of rotatable bonds is 4. The molecule has 0 aromatic carbocycles. The molecule has 27 heavy (non-hydrogen) atoms. The van der Waals surface area contributed by atoms with Gasteiger partial charge < -0.3 is 9.84 Å². The van der Waals surface area contributed by atoms with Crippen LogP contribution in [0.1, 0.15) is 44.9 Å². The molecule has 0 aliphatic carbocycles. The summed E-state index contributed by atoms with van der Waals surface area (Å²) >= 11 is 0. The number of carboxylic acids is 1. The summed E-state index contributed by atoms with van der Waals surface area (Å²) in [6, 6.07) is 1.51. The maximum absolute atomic E-state index is 12.7. The van der Waals surface area contributed by atoms with Gasteiger partial charge in [0.1, 0.15) is 17.3 Å². The molecule has 6 nitrogen and oxygen atoms in total. The Hall–Kier alpha value is -2.32. The molecule has 1 N–H and O–H groups in total. The van der Waals surface area contributed by atoms with Gasteiger partial charge in [0.25, 0.3) is 0 Å². The zero-order valence-corrected chi connectivity index (χ0v) is 15.4. The van der Waals surface area contributed by atoms with E-state index in [4.69, 9.17) is 4.74 Å². The Morgan fingerprint density at radius 1 is 1.33 bits per heavy atom. The molecular weight excluding hydrogens is 365 g/mol. The first-order chi connectivity index (χ1) is 12.4. The summed E-state index contributed by atoms with van der Waals surface area (Å²) in [4.78, 5) is 28.2. The van der Waals surface area contributed by atoms with Crippen LogP contribution in [0.3, 0.4) is 0 Å². The van der Waals surface area contributed by atoms with E-state index in [1.165, 1.54) is 11.0 Å². The SMILES string of the molecule is CC(C)(C)OC(=O)N1CC(CCc2ccnc(C(F)(F)F)c2)CC1C(=O)O. The summed E-state index contributed by atoms with van der Waals surface area (Å²) in [6.07, 6.45) is -3.05. The second-order valence-corrected chi connectivity index (χ2v) is 7.67. The average molecular weight is 388 g/mol. The fourth-order valence-corrected chi connectivity index (χ4v) is 3.04. The molecule has 1 saturated heterocycles. The number of amides is 1. The van der Waals surface area contributed by atoms with Crippen molar-refractivity contribution in [2.24, 2.45) is 5.92 Å². The quantitative estimate of drug-likeness (QED) is 0.850. The zero-order chi connectivity index (χ0) is 20.4. The van der Waals surface area contributed by atoms with E-state index in [-0.39, 0.29) is 18.9 Å². The predicted molar refractivity (Wildman–Crippen MR) is 90.0 cm³/mol. The van der Waals surface area contributed by atoms with Gasteiger partial charge in [-0.2, -0.15) is 13.2 Å². The first-order valence-corrected chi connectivity index (χ1v) is 8.61. The molecule has 0 saturated carbocycles. The van der Waals surface area contributed by atoms with Crippen LogP contribution in [-0.4, -0.2) is 45.2 Å². The van der Waals surface area contributed by atoms with Gasteiger partial charge in [0.2, 0.25) is 0 Å². The Balaban J connectivity index is 2.02. The molecule has 0 spiro atoms. The van der Waals surface area contributed by atoms with Crippen molar-refractivity contribution in [1.29, 1.82) is 0 Å². The van der Waals surface area contributed by atoms with Crippen LogP contribution in [0.2, 0.25) is 0 Å². The molecule has 1 aliphatic rings. The van der Waals surface area contributed by atoms with Crippen LogP contribution in [0, 0.1) is 5.92 Å². The molecule has 2 unspecified atom stereocenters. The van der Waals surface area contributed by atoms with Gasteiger partial charge in [0.15, 0.2) is 0 Å². The second kappa shape index (κ2) is 7.74. The molecule has 0 radical (unpaired) electrons. The van der Waals surface area contributed by atoms with Gasteiger partial charge >= 0.3 is 18.2 Å². The van der Waals surface area contributed by atoms with Gasteiger partial charge in [-0.15, -0.1) is 0 Å². The van der Waals surface area contributed by atoms with Crippen molar-refractivity contribution in [3.8, 4) is 0 Å². The van der Waals surface area contributed by atoms with E-state index in [1.54, 1.807) is 20.8 Å². The average Bonchev–Trinajstić information content (AvgIpc) is 2.95. The molecule has 2 atom stereocenters. The summed E-state index contributed by atoms with van der Waals surface area (Å²) < 4.78 is 43.5. The highest BCUT2D eigenvalue weighted by atomic mass is 19.4. The maximum Gasteiger partial charge on any atom is 0.433 e. The highest BCUT2D eigenvalue weighted by Gasteiger charge is 2.41. The number of hydrogen-bond acceptors (Lipinski definition) is 4. The van der Waals surface area contributed by atoms with Crippen LogP contribution in [0.15, 0.2) is 18.3 Å². The minimum Gasteiger partial charge on any atom is -0.480 e. The number of pyridine rings is 1. The maximum atomic E-state index is 12.7. The third kappa shape index (κ3) is 5.83. The summed E-state index contributed by atoms with van der Waals surface area (Å²) in [7, 11) is 0. The number of aliphatic carboxylic acids is 1. The number of ether oxygens (including phenoxy) is 1. The number of carboxylic acid groups (broad SMARTS) is 1. The monoisotopic (exact) mass is 388 g/mol. The van der Waals surface area contributed by atoms with E-state index in [2.05, 4.69) is 4.98 Å². The second-order valence-electron chi connectivity index (χ2n) is 7.67. The van der Waals surface area contributed by atoms with E-state index < -0.39 is 35.6 Å². The van der Waals surface area contributed by atoms with E-state index >= 15 is 0 Å². The summed E-state index contributed by atoms with van der Waals surface area (Å²) in [5.41, 5.74) is -1.23. The molecule has 150 valence electrons. The topological polar surface area (TPSA) is 79.7 Å². The van der Waals surface area contributed by atoms with Gasteiger partial charge in [-0.25, -0.2) is 9.59 Å². The number of aryl methyl sites for hydroxylation is 1. The normalized spacial score (nSPS) is 20.6. The largest absolute Gasteiger partial charge is 0.480 e. The molecular formula is C18H23F3N2O4. The van der Waals surface area contributed by atoms with Gasteiger partial charge in [-0.3, -0.25) is 9.88 Å². The number of aromatic nitrogens is 1. The Morgan fingerprint density at radius 3 is 2.56 bits per heavy atom. The fraction of sp³-hybridized carbons (Fsp3) is 0.611. The fourth-order valence-electron chi connectivity index (χ4n) is 3.04. The standard InChI is InChI=1S/C18H23F3N2O4/c1-17(2,3)27-16(26)23-10-12(8-13(23)15(24)25)5-4-11-6-7-22-14(9-11)18(19,20)21/h6-7,9,12-13H,4-5,8,10H2,1-3H3,(H,24,25). The van der Waals surface area contributed by atoms with Crippen molar-refractivity contribution >= 4 is 12.1 Å². The smallest absolute Gasteiger partial charge is 0.433 e. The molecule has 2 heterocycles. The minimum atomic E-state index is -4.51. The Kier molecular flexibility index (Phi) is 6.01.